The van der Waals surface area contributed by atoms with Gasteiger partial charge in [0.15, 0.2) is 11.6 Å². The lowest BCUT2D eigenvalue weighted by Gasteiger charge is -2.03. The molecule has 0 aliphatic heterocycles. The lowest BCUT2D eigenvalue weighted by Crippen LogP contribution is -1.99. The molecule has 0 atom stereocenters. The molecule has 0 unspecified atom stereocenters. The van der Waals surface area contributed by atoms with Gasteiger partial charge in [0.1, 0.15) is 5.75 Å². The van der Waals surface area contributed by atoms with Gasteiger partial charge >= 0.3 is 0 Å². The maximum absolute atomic E-state index is 11.9. The molecule has 1 aromatic carbocycles. The van der Waals surface area contributed by atoms with E-state index < -0.39 is 0 Å². The van der Waals surface area contributed by atoms with Crippen molar-refractivity contribution in [1.29, 1.82) is 0 Å². The average Bonchev–Trinajstić information content (AvgIpc) is 2.46. The third kappa shape index (κ3) is 5.51. The van der Waals surface area contributed by atoms with Crippen LogP contribution in [0.25, 0.3) is 0 Å². The van der Waals surface area contributed by atoms with Crippen molar-refractivity contribution in [2.75, 3.05) is 7.11 Å². The predicted molar refractivity (Wildman–Crippen MR) is 75.6 cm³/mol. The molecule has 0 fully saturated rings. The van der Waals surface area contributed by atoms with Crippen LogP contribution in [-0.2, 0) is 4.79 Å². The predicted octanol–water partition coefficient (Wildman–Crippen LogP) is 3.58. The summed E-state index contributed by atoms with van der Waals surface area (Å²) in [4.78, 5) is 22.9. The minimum absolute atomic E-state index is 0.0708. The Bertz CT molecular complexity index is 432. The molecule has 0 heterocycles. The van der Waals surface area contributed by atoms with E-state index in [2.05, 4.69) is 6.58 Å². The molecule has 0 radical (unpaired) electrons. The van der Waals surface area contributed by atoms with E-state index in [1.807, 2.05) is 0 Å². The summed E-state index contributed by atoms with van der Waals surface area (Å²) in [5.41, 5.74) is 0.711. The van der Waals surface area contributed by atoms with E-state index in [0.717, 1.165) is 25.0 Å². The first-order valence-electron chi connectivity index (χ1n) is 6.50. The number of methoxy groups -OCH3 is 1. The van der Waals surface area contributed by atoms with Crippen LogP contribution >= 0.6 is 0 Å². The number of rotatable bonds is 9. The van der Waals surface area contributed by atoms with Gasteiger partial charge in [-0.25, -0.2) is 0 Å². The van der Waals surface area contributed by atoms with Crippen molar-refractivity contribution >= 4 is 11.6 Å². The second-order valence-electron chi connectivity index (χ2n) is 4.38. The van der Waals surface area contributed by atoms with Gasteiger partial charge in [0.25, 0.3) is 0 Å². The topological polar surface area (TPSA) is 43.4 Å². The highest BCUT2D eigenvalue weighted by Crippen LogP contribution is 2.14. The fourth-order valence-electron chi connectivity index (χ4n) is 1.78. The van der Waals surface area contributed by atoms with Gasteiger partial charge in [0.2, 0.25) is 0 Å². The van der Waals surface area contributed by atoms with Crippen LogP contribution in [0.4, 0.5) is 0 Å². The van der Waals surface area contributed by atoms with Gasteiger partial charge in [-0.15, -0.1) is 0 Å². The molecule has 0 amide bonds. The number of benzene rings is 1. The Hall–Kier alpha value is -1.90. The highest BCUT2D eigenvalue weighted by molar-refractivity contribution is 5.96. The Balaban J connectivity index is 2.27. The van der Waals surface area contributed by atoms with Crippen LogP contribution in [0.2, 0.25) is 0 Å². The van der Waals surface area contributed by atoms with Gasteiger partial charge in [-0.1, -0.05) is 13.0 Å². The Kier molecular flexibility index (Phi) is 6.58. The standard InChI is InChI=1S/C16H20O3/c1-3-14(17)7-5-4-6-8-16(18)13-9-11-15(19-2)12-10-13/h3,9-12H,1,4-8H2,2H3. The minimum Gasteiger partial charge on any atom is -0.497 e. The van der Waals surface area contributed by atoms with Crippen molar-refractivity contribution in [3.8, 4) is 5.75 Å². The van der Waals surface area contributed by atoms with Crippen LogP contribution in [0.15, 0.2) is 36.9 Å². The second kappa shape index (κ2) is 8.25. The summed E-state index contributed by atoms with van der Waals surface area (Å²) in [6, 6.07) is 7.14. The summed E-state index contributed by atoms with van der Waals surface area (Å²) in [5, 5.41) is 0. The number of carbonyl (C=O) groups is 2. The number of ketones is 2. The number of hydrogen-bond acceptors (Lipinski definition) is 3. The Morgan fingerprint density at radius 1 is 1.11 bits per heavy atom. The molecular weight excluding hydrogens is 240 g/mol. The first-order valence-corrected chi connectivity index (χ1v) is 6.50. The summed E-state index contributed by atoms with van der Waals surface area (Å²) in [5.74, 6) is 0.957. The van der Waals surface area contributed by atoms with Crippen LogP contribution in [0.5, 0.6) is 5.75 Å². The zero-order valence-electron chi connectivity index (χ0n) is 11.4. The smallest absolute Gasteiger partial charge is 0.162 e. The summed E-state index contributed by atoms with van der Waals surface area (Å²) in [6.07, 6.45) is 4.93. The maximum Gasteiger partial charge on any atom is 0.162 e. The second-order valence-corrected chi connectivity index (χ2v) is 4.38. The molecule has 0 aliphatic rings. The van der Waals surface area contributed by atoms with Crippen molar-refractivity contribution in [2.45, 2.75) is 32.1 Å². The van der Waals surface area contributed by atoms with Crippen LogP contribution in [0.1, 0.15) is 42.5 Å². The summed E-state index contributed by atoms with van der Waals surface area (Å²) >= 11 is 0. The van der Waals surface area contributed by atoms with E-state index in [1.165, 1.54) is 6.08 Å². The van der Waals surface area contributed by atoms with Crippen LogP contribution in [0, 0.1) is 0 Å². The SMILES string of the molecule is C=CC(=O)CCCCCC(=O)c1ccc(OC)cc1. The fourth-order valence-corrected chi connectivity index (χ4v) is 1.78. The number of unbranched alkanes of at least 4 members (excludes halogenated alkanes) is 2. The van der Waals surface area contributed by atoms with E-state index in [4.69, 9.17) is 4.74 Å². The van der Waals surface area contributed by atoms with E-state index >= 15 is 0 Å². The highest BCUT2D eigenvalue weighted by Gasteiger charge is 2.05. The van der Waals surface area contributed by atoms with Crippen molar-refractivity contribution in [2.24, 2.45) is 0 Å². The van der Waals surface area contributed by atoms with Crippen molar-refractivity contribution < 1.29 is 14.3 Å². The largest absolute Gasteiger partial charge is 0.497 e. The molecule has 0 bridgehead atoms. The third-order valence-electron chi connectivity index (χ3n) is 2.97. The number of Topliss-reactive ketones (excluding diaryl/α,β-unsaturated/α-hetero) is 1. The van der Waals surface area contributed by atoms with Gasteiger partial charge < -0.3 is 4.74 Å². The molecule has 0 saturated heterocycles. The molecule has 3 nitrogen and oxygen atoms in total. The summed E-state index contributed by atoms with van der Waals surface area (Å²) in [6.45, 7) is 3.43. The average molecular weight is 260 g/mol. The van der Waals surface area contributed by atoms with Gasteiger partial charge in [-0.2, -0.15) is 0 Å². The maximum atomic E-state index is 11.9. The summed E-state index contributed by atoms with van der Waals surface area (Å²) in [7, 11) is 1.60. The van der Waals surface area contributed by atoms with E-state index in [9.17, 15) is 9.59 Å². The zero-order valence-corrected chi connectivity index (χ0v) is 11.4. The van der Waals surface area contributed by atoms with Gasteiger partial charge in [-0.3, -0.25) is 9.59 Å². The van der Waals surface area contributed by atoms with Crippen molar-refractivity contribution in [3.63, 3.8) is 0 Å². The molecule has 1 aromatic rings. The van der Waals surface area contributed by atoms with Crippen LogP contribution in [-0.4, -0.2) is 18.7 Å². The third-order valence-corrected chi connectivity index (χ3v) is 2.97. The Morgan fingerprint density at radius 3 is 2.32 bits per heavy atom. The van der Waals surface area contributed by atoms with Gasteiger partial charge in [0, 0.05) is 18.4 Å². The van der Waals surface area contributed by atoms with Gasteiger partial charge in [-0.05, 0) is 43.2 Å². The fraction of sp³-hybridized carbons (Fsp3) is 0.375. The number of hydrogen-bond donors (Lipinski definition) is 0. The molecule has 0 aromatic heterocycles. The summed E-state index contributed by atoms with van der Waals surface area (Å²) < 4.78 is 5.04. The first-order chi connectivity index (χ1) is 9.17. The number of ether oxygens (including phenoxy) is 1. The molecule has 1 rings (SSSR count). The molecule has 0 spiro atoms. The lowest BCUT2D eigenvalue weighted by molar-refractivity contribution is -0.114. The molecule has 3 heteroatoms. The number of allylic oxidation sites excluding steroid dienone is 1. The molecule has 102 valence electrons. The Morgan fingerprint density at radius 2 is 1.74 bits per heavy atom. The van der Waals surface area contributed by atoms with E-state index in [1.54, 1.807) is 31.4 Å². The van der Waals surface area contributed by atoms with Crippen molar-refractivity contribution in [3.05, 3.63) is 42.5 Å². The molecule has 0 aliphatic carbocycles. The molecule has 0 saturated carbocycles. The van der Waals surface area contributed by atoms with Crippen molar-refractivity contribution in [1.82, 2.24) is 0 Å². The van der Waals surface area contributed by atoms with Crippen LogP contribution in [0.3, 0.4) is 0 Å². The number of carbonyl (C=O) groups excluding carboxylic acids is 2. The Labute approximate surface area is 114 Å². The molecular formula is C16H20O3. The van der Waals surface area contributed by atoms with Gasteiger partial charge in [0.05, 0.1) is 7.11 Å². The van der Waals surface area contributed by atoms with E-state index in [0.29, 0.717) is 18.4 Å². The molecule has 19 heavy (non-hydrogen) atoms. The zero-order chi connectivity index (χ0) is 14.1. The minimum atomic E-state index is 0.0708. The normalized spacial score (nSPS) is 9.95. The van der Waals surface area contributed by atoms with E-state index in [-0.39, 0.29) is 11.6 Å². The highest BCUT2D eigenvalue weighted by atomic mass is 16.5. The quantitative estimate of drug-likeness (QED) is 0.387. The molecule has 0 N–H and O–H groups in total. The first kappa shape index (κ1) is 15.2. The van der Waals surface area contributed by atoms with Crippen LogP contribution < -0.4 is 4.74 Å². The monoisotopic (exact) mass is 260 g/mol. The lowest BCUT2D eigenvalue weighted by atomic mass is 10.0.